The van der Waals surface area contributed by atoms with Gasteiger partial charge in [0, 0.05) is 43.8 Å². The molecule has 1 unspecified atom stereocenters. The van der Waals surface area contributed by atoms with Gasteiger partial charge < -0.3 is 25.8 Å². The molecule has 9 heteroatoms. The smallest absolute Gasteiger partial charge is 0.407 e. The standard InChI is InChI=1S/C22H37ClN4O4/c1-3-5-10-25-21(28)30-14-12-27(13-15-31-22(29)26-11-6-4-2)20(17-24)18-8-7-9-19(23)16-18/h7-9,16,20H,3-6,10-15,17,24H2,1-2H3,(H,25,28)(H,26,29). The number of benzene rings is 1. The van der Waals surface area contributed by atoms with Crippen LogP contribution in [0.3, 0.4) is 0 Å². The number of carbonyl (C=O) groups is 2. The monoisotopic (exact) mass is 456 g/mol. The highest BCUT2D eigenvalue weighted by atomic mass is 35.5. The maximum absolute atomic E-state index is 11.8. The van der Waals surface area contributed by atoms with Gasteiger partial charge in [0.1, 0.15) is 13.2 Å². The van der Waals surface area contributed by atoms with E-state index in [1.807, 2.05) is 23.1 Å². The third kappa shape index (κ3) is 11.8. The number of rotatable bonds is 15. The molecule has 4 N–H and O–H groups in total. The van der Waals surface area contributed by atoms with Gasteiger partial charge in [-0.05, 0) is 30.5 Å². The zero-order chi connectivity index (χ0) is 22.9. The number of nitrogens with two attached hydrogens (primary N) is 1. The highest BCUT2D eigenvalue weighted by molar-refractivity contribution is 6.30. The molecule has 2 amide bonds. The number of unbranched alkanes of at least 4 members (excludes halogenated alkanes) is 2. The highest BCUT2D eigenvalue weighted by Gasteiger charge is 2.20. The summed E-state index contributed by atoms with van der Waals surface area (Å²) in [6.07, 6.45) is 2.93. The summed E-state index contributed by atoms with van der Waals surface area (Å²) in [7, 11) is 0. The molecule has 0 spiro atoms. The van der Waals surface area contributed by atoms with E-state index in [2.05, 4.69) is 24.5 Å². The van der Waals surface area contributed by atoms with Gasteiger partial charge in [-0.3, -0.25) is 4.90 Å². The molecule has 1 aromatic carbocycles. The zero-order valence-electron chi connectivity index (χ0n) is 18.7. The Labute approximate surface area is 190 Å². The molecule has 1 atom stereocenters. The van der Waals surface area contributed by atoms with Crippen molar-refractivity contribution in [3.05, 3.63) is 34.9 Å². The third-order valence-electron chi connectivity index (χ3n) is 4.72. The van der Waals surface area contributed by atoms with Crippen molar-refractivity contribution >= 4 is 23.8 Å². The van der Waals surface area contributed by atoms with Gasteiger partial charge in [0.05, 0.1) is 0 Å². The first kappa shape index (κ1) is 27.0. The van der Waals surface area contributed by atoms with E-state index in [-0.39, 0.29) is 19.3 Å². The molecule has 0 aliphatic heterocycles. The van der Waals surface area contributed by atoms with E-state index in [9.17, 15) is 9.59 Å². The molecule has 1 aromatic rings. The van der Waals surface area contributed by atoms with E-state index < -0.39 is 12.2 Å². The van der Waals surface area contributed by atoms with Crippen LogP contribution < -0.4 is 16.4 Å². The summed E-state index contributed by atoms with van der Waals surface area (Å²) >= 11 is 6.15. The van der Waals surface area contributed by atoms with Crippen molar-refractivity contribution in [1.29, 1.82) is 0 Å². The van der Waals surface area contributed by atoms with Gasteiger partial charge in [-0.15, -0.1) is 0 Å². The normalized spacial score (nSPS) is 11.8. The Morgan fingerprint density at radius 2 is 1.58 bits per heavy atom. The first-order valence-electron chi connectivity index (χ1n) is 11.0. The van der Waals surface area contributed by atoms with Gasteiger partial charge in [0.15, 0.2) is 0 Å². The Bertz CT molecular complexity index is 620. The molecular weight excluding hydrogens is 420 g/mol. The lowest BCUT2D eigenvalue weighted by atomic mass is 10.1. The van der Waals surface area contributed by atoms with Gasteiger partial charge >= 0.3 is 12.2 Å². The van der Waals surface area contributed by atoms with E-state index in [0.29, 0.717) is 37.7 Å². The molecular formula is C22H37ClN4O4. The molecule has 0 saturated carbocycles. The van der Waals surface area contributed by atoms with Crippen LogP contribution in [-0.4, -0.2) is 63.0 Å². The summed E-state index contributed by atoms with van der Waals surface area (Å²) in [5, 5.41) is 6.06. The van der Waals surface area contributed by atoms with E-state index in [4.69, 9.17) is 26.8 Å². The maximum Gasteiger partial charge on any atom is 0.407 e. The van der Waals surface area contributed by atoms with Gasteiger partial charge in [-0.1, -0.05) is 50.4 Å². The van der Waals surface area contributed by atoms with Crippen LogP contribution in [0.25, 0.3) is 0 Å². The van der Waals surface area contributed by atoms with Crippen LogP contribution in [0.2, 0.25) is 5.02 Å². The van der Waals surface area contributed by atoms with Crippen molar-refractivity contribution in [1.82, 2.24) is 15.5 Å². The number of ether oxygens (including phenoxy) is 2. The van der Waals surface area contributed by atoms with Crippen LogP contribution in [0.15, 0.2) is 24.3 Å². The van der Waals surface area contributed by atoms with E-state index in [0.717, 1.165) is 31.2 Å². The van der Waals surface area contributed by atoms with Crippen LogP contribution in [0.1, 0.15) is 51.1 Å². The lowest BCUT2D eigenvalue weighted by Gasteiger charge is -2.31. The molecule has 31 heavy (non-hydrogen) atoms. The topological polar surface area (TPSA) is 106 Å². The fraction of sp³-hybridized carbons (Fsp3) is 0.636. The Hall–Kier alpha value is -2.03. The SMILES string of the molecule is CCCCNC(=O)OCCN(CCOC(=O)NCCCC)C(CN)c1cccc(Cl)c1. The fourth-order valence-corrected chi connectivity index (χ4v) is 3.18. The summed E-state index contributed by atoms with van der Waals surface area (Å²) in [5.41, 5.74) is 7.01. The van der Waals surface area contributed by atoms with Gasteiger partial charge in [0.25, 0.3) is 0 Å². The molecule has 0 saturated heterocycles. The number of hydrogen-bond donors (Lipinski definition) is 3. The Morgan fingerprint density at radius 3 is 2.03 bits per heavy atom. The molecule has 0 fully saturated rings. The minimum atomic E-state index is -0.438. The fourth-order valence-electron chi connectivity index (χ4n) is 2.98. The summed E-state index contributed by atoms with van der Waals surface area (Å²) in [6, 6.07) is 7.33. The second-order valence-corrected chi connectivity index (χ2v) is 7.61. The average molecular weight is 457 g/mol. The molecule has 0 aliphatic carbocycles. The first-order chi connectivity index (χ1) is 15.0. The molecule has 0 radical (unpaired) electrons. The zero-order valence-corrected chi connectivity index (χ0v) is 19.5. The summed E-state index contributed by atoms with van der Waals surface area (Å²) < 4.78 is 10.6. The quantitative estimate of drug-likeness (QED) is 0.347. The van der Waals surface area contributed by atoms with E-state index >= 15 is 0 Å². The Kier molecular flexibility index (Phi) is 14.5. The highest BCUT2D eigenvalue weighted by Crippen LogP contribution is 2.22. The number of hydrogen-bond acceptors (Lipinski definition) is 6. The van der Waals surface area contributed by atoms with Gasteiger partial charge in [-0.25, -0.2) is 9.59 Å². The minimum Gasteiger partial charge on any atom is -0.448 e. The first-order valence-corrected chi connectivity index (χ1v) is 11.4. The minimum absolute atomic E-state index is 0.155. The summed E-state index contributed by atoms with van der Waals surface area (Å²) in [5.74, 6) is 0. The molecule has 0 bridgehead atoms. The molecule has 8 nitrogen and oxygen atoms in total. The number of nitrogens with zero attached hydrogens (tertiary/aromatic N) is 1. The van der Waals surface area contributed by atoms with Crippen molar-refractivity contribution in [2.45, 2.75) is 45.6 Å². The lowest BCUT2D eigenvalue weighted by Crippen LogP contribution is -2.40. The Balaban J connectivity index is 2.65. The maximum atomic E-state index is 11.8. The van der Waals surface area contributed by atoms with Crippen LogP contribution in [0.5, 0.6) is 0 Å². The second kappa shape index (κ2) is 16.6. The molecule has 1 rings (SSSR count). The van der Waals surface area contributed by atoms with Gasteiger partial charge in [0.2, 0.25) is 0 Å². The van der Waals surface area contributed by atoms with Gasteiger partial charge in [-0.2, -0.15) is 0 Å². The third-order valence-corrected chi connectivity index (χ3v) is 4.96. The lowest BCUT2D eigenvalue weighted by molar-refractivity contribution is 0.0888. The summed E-state index contributed by atoms with van der Waals surface area (Å²) in [4.78, 5) is 25.7. The Morgan fingerprint density at radius 1 is 1.03 bits per heavy atom. The number of carbonyl (C=O) groups excluding carboxylic acids is 2. The number of amides is 2. The van der Waals surface area contributed by atoms with E-state index in [1.54, 1.807) is 6.07 Å². The van der Waals surface area contributed by atoms with Crippen molar-refractivity contribution in [3.8, 4) is 0 Å². The van der Waals surface area contributed by atoms with E-state index in [1.165, 1.54) is 0 Å². The molecule has 0 aromatic heterocycles. The predicted octanol–water partition coefficient (Wildman–Crippen LogP) is 3.69. The number of halogens is 1. The second-order valence-electron chi connectivity index (χ2n) is 7.17. The largest absolute Gasteiger partial charge is 0.448 e. The van der Waals surface area contributed by atoms with Crippen LogP contribution in [-0.2, 0) is 9.47 Å². The van der Waals surface area contributed by atoms with Crippen molar-refractivity contribution in [2.24, 2.45) is 5.73 Å². The predicted molar refractivity (Wildman–Crippen MR) is 123 cm³/mol. The number of nitrogens with one attached hydrogen (secondary N) is 2. The molecule has 0 heterocycles. The molecule has 0 aliphatic rings. The molecule has 176 valence electrons. The van der Waals surface area contributed by atoms with Crippen molar-refractivity contribution < 1.29 is 19.1 Å². The van der Waals surface area contributed by atoms with Crippen molar-refractivity contribution in [2.75, 3.05) is 45.9 Å². The van der Waals surface area contributed by atoms with Crippen LogP contribution in [0.4, 0.5) is 9.59 Å². The van der Waals surface area contributed by atoms with Crippen molar-refractivity contribution in [3.63, 3.8) is 0 Å². The van der Waals surface area contributed by atoms with Crippen LogP contribution >= 0.6 is 11.6 Å². The summed E-state index contributed by atoms with van der Waals surface area (Å²) in [6.45, 7) is 6.90. The van der Waals surface area contributed by atoms with Crippen LogP contribution in [0, 0.1) is 0 Å². The number of alkyl carbamates (subject to hydrolysis) is 2. The average Bonchev–Trinajstić information content (AvgIpc) is 2.74.